The Hall–Kier alpha value is -0.120. The SMILES string of the molecule is CC1CC(NC2COC2)N1. The standard InChI is InChI=1S/C7H14N2O/c1-5-2-7(8-5)9-6-3-10-4-6/h5-9H,2-4H2,1H3. The molecule has 2 atom stereocenters. The molecule has 0 aromatic rings. The smallest absolute Gasteiger partial charge is 0.0643 e. The zero-order valence-electron chi connectivity index (χ0n) is 6.26. The third-order valence-electron chi connectivity index (χ3n) is 2.15. The minimum absolute atomic E-state index is 0.559. The van der Waals surface area contributed by atoms with Crippen LogP contribution in [-0.4, -0.2) is 31.5 Å². The second-order valence-corrected chi connectivity index (χ2v) is 3.26. The first-order chi connectivity index (χ1) is 4.84. The molecule has 2 unspecified atom stereocenters. The Labute approximate surface area is 61.1 Å². The molecule has 2 aliphatic heterocycles. The first kappa shape index (κ1) is 6.58. The Bertz CT molecular complexity index is 119. The maximum atomic E-state index is 5.04. The van der Waals surface area contributed by atoms with E-state index in [0.29, 0.717) is 18.2 Å². The lowest BCUT2D eigenvalue weighted by molar-refractivity contribution is -0.0189. The van der Waals surface area contributed by atoms with Crippen molar-refractivity contribution in [2.75, 3.05) is 13.2 Å². The van der Waals surface area contributed by atoms with Crippen molar-refractivity contribution in [2.45, 2.75) is 31.6 Å². The largest absolute Gasteiger partial charge is 0.378 e. The number of hydrogen-bond donors (Lipinski definition) is 2. The van der Waals surface area contributed by atoms with Crippen LogP contribution in [0.25, 0.3) is 0 Å². The van der Waals surface area contributed by atoms with Crippen LogP contribution in [0.15, 0.2) is 0 Å². The first-order valence-electron chi connectivity index (χ1n) is 3.94. The summed E-state index contributed by atoms with van der Waals surface area (Å²) in [5.41, 5.74) is 0. The predicted octanol–water partition coefficient (Wildman–Crippen LogP) is -0.317. The molecule has 0 amide bonds. The number of rotatable bonds is 2. The summed E-state index contributed by atoms with van der Waals surface area (Å²) < 4.78 is 5.04. The molecule has 0 bridgehead atoms. The van der Waals surface area contributed by atoms with Crippen molar-refractivity contribution in [3.63, 3.8) is 0 Å². The lowest BCUT2D eigenvalue weighted by atomic mass is 10.0. The Kier molecular flexibility index (Phi) is 1.64. The van der Waals surface area contributed by atoms with Gasteiger partial charge in [-0.25, -0.2) is 0 Å². The van der Waals surface area contributed by atoms with Gasteiger partial charge < -0.3 is 4.74 Å². The second kappa shape index (κ2) is 2.49. The molecule has 0 radical (unpaired) electrons. The van der Waals surface area contributed by atoms with E-state index in [1.165, 1.54) is 6.42 Å². The fraction of sp³-hybridized carbons (Fsp3) is 1.00. The Morgan fingerprint density at radius 1 is 1.50 bits per heavy atom. The van der Waals surface area contributed by atoms with Gasteiger partial charge in [-0.05, 0) is 13.3 Å². The second-order valence-electron chi connectivity index (χ2n) is 3.26. The summed E-state index contributed by atoms with van der Waals surface area (Å²) in [5.74, 6) is 0. The average molecular weight is 142 g/mol. The molecular formula is C7H14N2O. The normalized spacial score (nSPS) is 40.5. The fourth-order valence-corrected chi connectivity index (χ4v) is 1.41. The molecule has 3 nitrogen and oxygen atoms in total. The molecule has 0 aromatic heterocycles. The summed E-state index contributed by atoms with van der Waals surface area (Å²) in [6.45, 7) is 3.99. The zero-order valence-corrected chi connectivity index (χ0v) is 6.26. The molecule has 0 saturated carbocycles. The third-order valence-corrected chi connectivity index (χ3v) is 2.15. The highest BCUT2D eigenvalue weighted by molar-refractivity contribution is 4.87. The monoisotopic (exact) mass is 142 g/mol. The van der Waals surface area contributed by atoms with E-state index in [2.05, 4.69) is 17.6 Å². The van der Waals surface area contributed by atoms with Crippen LogP contribution in [-0.2, 0) is 4.74 Å². The van der Waals surface area contributed by atoms with Crippen molar-refractivity contribution in [3.05, 3.63) is 0 Å². The van der Waals surface area contributed by atoms with Crippen LogP contribution >= 0.6 is 0 Å². The summed E-state index contributed by atoms with van der Waals surface area (Å²) in [7, 11) is 0. The van der Waals surface area contributed by atoms with E-state index in [1.807, 2.05) is 0 Å². The fourth-order valence-electron chi connectivity index (χ4n) is 1.41. The Balaban J connectivity index is 1.62. The van der Waals surface area contributed by atoms with Gasteiger partial charge >= 0.3 is 0 Å². The summed E-state index contributed by atoms with van der Waals surface area (Å²) in [6, 6.07) is 1.32. The maximum absolute atomic E-state index is 5.04. The molecule has 2 N–H and O–H groups in total. The molecule has 58 valence electrons. The van der Waals surface area contributed by atoms with E-state index in [0.717, 1.165) is 13.2 Å². The molecule has 0 aromatic carbocycles. The molecule has 10 heavy (non-hydrogen) atoms. The van der Waals surface area contributed by atoms with Crippen molar-refractivity contribution in [1.29, 1.82) is 0 Å². The highest BCUT2D eigenvalue weighted by Gasteiger charge is 2.28. The van der Waals surface area contributed by atoms with Crippen molar-refractivity contribution in [1.82, 2.24) is 10.6 Å². The van der Waals surface area contributed by atoms with E-state index < -0.39 is 0 Å². The minimum Gasteiger partial charge on any atom is -0.378 e. The lowest BCUT2D eigenvalue weighted by Gasteiger charge is -2.40. The molecule has 2 heterocycles. The average Bonchev–Trinajstić information content (AvgIpc) is 1.72. The van der Waals surface area contributed by atoms with Gasteiger partial charge in [0.2, 0.25) is 0 Å². The number of ether oxygens (including phenoxy) is 1. The van der Waals surface area contributed by atoms with Crippen LogP contribution in [0, 0.1) is 0 Å². The number of hydrogen-bond acceptors (Lipinski definition) is 3. The predicted molar refractivity (Wildman–Crippen MR) is 38.7 cm³/mol. The quantitative estimate of drug-likeness (QED) is 0.554. The molecular weight excluding hydrogens is 128 g/mol. The molecule has 2 rings (SSSR count). The van der Waals surface area contributed by atoms with E-state index in [-0.39, 0.29) is 0 Å². The summed E-state index contributed by atoms with van der Waals surface area (Å²) in [4.78, 5) is 0. The summed E-state index contributed by atoms with van der Waals surface area (Å²) in [6.07, 6.45) is 1.82. The van der Waals surface area contributed by atoms with E-state index in [4.69, 9.17) is 4.74 Å². The van der Waals surface area contributed by atoms with E-state index >= 15 is 0 Å². The van der Waals surface area contributed by atoms with Crippen LogP contribution in [0.1, 0.15) is 13.3 Å². The van der Waals surface area contributed by atoms with E-state index in [9.17, 15) is 0 Å². The molecule has 2 aliphatic rings. The maximum Gasteiger partial charge on any atom is 0.0643 e. The van der Waals surface area contributed by atoms with E-state index in [1.54, 1.807) is 0 Å². The van der Waals surface area contributed by atoms with Gasteiger partial charge in [0, 0.05) is 6.04 Å². The van der Waals surface area contributed by atoms with Crippen LogP contribution < -0.4 is 10.6 Å². The zero-order chi connectivity index (χ0) is 6.97. The van der Waals surface area contributed by atoms with Gasteiger partial charge in [-0.15, -0.1) is 0 Å². The number of nitrogens with one attached hydrogen (secondary N) is 2. The lowest BCUT2D eigenvalue weighted by Crippen LogP contribution is -2.63. The van der Waals surface area contributed by atoms with Crippen molar-refractivity contribution in [2.24, 2.45) is 0 Å². The highest BCUT2D eigenvalue weighted by atomic mass is 16.5. The van der Waals surface area contributed by atoms with Crippen LogP contribution in [0.2, 0.25) is 0 Å². The summed E-state index contributed by atoms with van der Waals surface area (Å²) in [5, 5.41) is 6.82. The highest BCUT2D eigenvalue weighted by Crippen LogP contribution is 2.10. The van der Waals surface area contributed by atoms with Gasteiger partial charge in [-0.2, -0.15) is 0 Å². The van der Waals surface area contributed by atoms with Crippen LogP contribution in [0.4, 0.5) is 0 Å². The van der Waals surface area contributed by atoms with Crippen molar-refractivity contribution >= 4 is 0 Å². The molecule has 2 saturated heterocycles. The third kappa shape index (κ3) is 1.17. The Morgan fingerprint density at radius 3 is 2.60 bits per heavy atom. The minimum atomic E-state index is 0.559. The summed E-state index contributed by atoms with van der Waals surface area (Å²) >= 11 is 0. The molecule has 0 aliphatic carbocycles. The topological polar surface area (TPSA) is 33.3 Å². The molecule has 2 fully saturated rings. The first-order valence-corrected chi connectivity index (χ1v) is 3.94. The van der Waals surface area contributed by atoms with Crippen LogP contribution in [0.5, 0.6) is 0 Å². The van der Waals surface area contributed by atoms with Gasteiger partial charge in [0.05, 0.1) is 25.4 Å². The van der Waals surface area contributed by atoms with Crippen LogP contribution in [0.3, 0.4) is 0 Å². The van der Waals surface area contributed by atoms with Crippen molar-refractivity contribution in [3.8, 4) is 0 Å². The van der Waals surface area contributed by atoms with Gasteiger partial charge in [-0.3, -0.25) is 10.6 Å². The van der Waals surface area contributed by atoms with Gasteiger partial charge in [0.1, 0.15) is 0 Å². The van der Waals surface area contributed by atoms with Gasteiger partial charge in [-0.1, -0.05) is 0 Å². The molecule has 0 spiro atoms. The van der Waals surface area contributed by atoms with Gasteiger partial charge in [0.25, 0.3) is 0 Å². The molecule has 3 heteroatoms. The Morgan fingerprint density at radius 2 is 2.20 bits per heavy atom. The van der Waals surface area contributed by atoms with Crippen molar-refractivity contribution < 1.29 is 4.74 Å². The van der Waals surface area contributed by atoms with Gasteiger partial charge in [0.15, 0.2) is 0 Å².